The van der Waals surface area contributed by atoms with Gasteiger partial charge in [-0.05, 0) is 43.2 Å². The molecule has 0 unspecified atom stereocenters. The molecule has 0 bridgehead atoms. The minimum Gasteiger partial charge on any atom is -0.324 e. The molecular formula is C19H17FN2O3. The van der Waals surface area contributed by atoms with E-state index in [1.807, 2.05) is 0 Å². The summed E-state index contributed by atoms with van der Waals surface area (Å²) in [6.07, 6.45) is 0.394. The standard InChI is InChI=1S/C19H17FN2O3/c1-12-8-9-15(20)16(11-12)21-17(23)7-4-10-22-18(24)13-5-2-3-6-14(13)19(22)25/h2-3,5-6,8-9,11H,4,7,10H2,1H3,(H,21,23). The molecule has 0 spiro atoms. The summed E-state index contributed by atoms with van der Waals surface area (Å²) >= 11 is 0. The molecule has 25 heavy (non-hydrogen) atoms. The lowest BCUT2D eigenvalue weighted by atomic mass is 10.1. The molecule has 0 radical (unpaired) electrons. The molecule has 3 amide bonds. The molecule has 2 aromatic rings. The highest BCUT2D eigenvalue weighted by atomic mass is 19.1. The first-order chi connectivity index (χ1) is 12.0. The minimum absolute atomic E-state index is 0.0841. The second-order valence-electron chi connectivity index (χ2n) is 5.94. The van der Waals surface area contributed by atoms with Crippen LogP contribution in [0, 0.1) is 12.7 Å². The average molecular weight is 340 g/mol. The molecule has 128 valence electrons. The van der Waals surface area contributed by atoms with Crippen molar-refractivity contribution < 1.29 is 18.8 Å². The number of carbonyl (C=O) groups excluding carboxylic acids is 3. The first kappa shape index (κ1) is 16.8. The summed E-state index contributed by atoms with van der Waals surface area (Å²) in [4.78, 5) is 37.5. The fourth-order valence-electron chi connectivity index (χ4n) is 2.79. The van der Waals surface area contributed by atoms with Crippen molar-refractivity contribution in [1.29, 1.82) is 0 Å². The molecule has 5 nitrogen and oxygen atoms in total. The van der Waals surface area contributed by atoms with E-state index in [1.54, 1.807) is 43.3 Å². The molecule has 6 heteroatoms. The number of amides is 3. The molecular weight excluding hydrogens is 323 g/mol. The van der Waals surface area contributed by atoms with Crippen LogP contribution in [-0.4, -0.2) is 29.2 Å². The summed E-state index contributed by atoms with van der Waals surface area (Å²) in [6.45, 7) is 1.95. The van der Waals surface area contributed by atoms with Crippen LogP contribution in [0.4, 0.5) is 10.1 Å². The van der Waals surface area contributed by atoms with Crippen molar-refractivity contribution >= 4 is 23.4 Å². The Morgan fingerprint density at radius 1 is 1.08 bits per heavy atom. The van der Waals surface area contributed by atoms with Gasteiger partial charge in [-0.2, -0.15) is 0 Å². The minimum atomic E-state index is -0.501. The maximum atomic E-state index is 13.6. The Hall–Kier alpha value is -3.02. The fraction of sp³-hybridized carbons (Fsp3) is 0.211. The van der Waals surface area contributed by atoms with Gasteiger partial charge in [0.1, 0.15) is 5.82 Å². The second kappa shape index (κ2) is 6.84. The first-order valence-corrected chi connectivity index (χ1v) is 7.98. The summed E-state index contributed by atoms with van der Waals surface area (Å²) in [7, 11) is 0. The van der Waals surface area contributed by atoms with Crippen molar-refractivity contribution in [2.75, 3.05) is 11.9 Å². The lowest BCUT2D eigenvalue weighted by Crippen LogP contribution is -2.31. The molecule has 0 aromatic heterocycles. The van der Waals surface area contributed by atoms with Crippen LogP contribution in [0.25, 0.3) is 0 Å². The summed E-state index contributed by atoms with van der Waals surface area (Å²) in [6, 6.07) is 11.1. The van der Waals surface area contributed by atoms with Crippen LogP contribution in [0.5, 0.6) is 0 Å². The molecule has 2 aromatic carbocycles. The van der Waals surface area contributed by atoms with Gasteiger partial charge in [-0.3, -0.25) is 19.3 Å². The van der Waals surface area contributed by atoms with Crippen molar-refractivity contribution in [3.63, 3.8) is 0 Å². The predicted molar refractivity (Wildman–Crippen MR) is 90.8 cm³/mol. The third-order valence-electron chi connectivity index (χ3n) is 4.06. The molecule has 0 saturated heterocycles. The Kier molecular flexibility index (Phi) is 4.61. The third-order valence-corrected chi connectivity index (χ3v) is 4.06. The maximum absolute atomic E-state index is 13.6. The summed E-state index contributed by atoms with van der Waals surface area (Å²) < 4.78 is 13.6. The van der Waals surface area contributed by atoms with Gasteiger partial charge in [-0.1, -0.05) is 18.2 Å². The predicted octanol–water partition coefficient (Wildman–Crippen LogP) is 3.15. The summed E-state index contributed by atoms with van der Waals surface area (Å²) in [5.74, 6) is -1.54. The molecule has 0 saturated carbocycles. The molecule has 1 aliphatic heterocycles. The number of fused-ring (bicyclic) bond motifs is 1. The molecule has 1 aliphatic rings. The molecule has 0 atom stereocenters. The molecule has 3 rings (SSSR count). The number of nitrogens with zero attached hydrogens (tertiary/aromatic N) is 1. The highest BCUT2D eigenvalue weighted by Crippen LogP contribution is 2.23. The number of imide groups is 1. The van der Waals surface area contributed by atoms with E-state index in [0.717, 1.165) is 10.5 Å². The number of rotatable bonds is 5. The first-order valence-electron chi connectivity index (χ1n) is 7.98. The lowest BCUT2D eigenvalue weighted by molar-refractivity contribution is -0.116. The van der Waals surface area contributed by atoms with E-state index in [2.05, 4.69) is 5.32 Å². The van der Waals surface area contributed by atoms with Crippen LogP contribution in [0.15, 0.2) is 42.5 Å². The second-order valence-corrected chi connectivity index (χ2v) is 5.94. The highest BCUT2D eigenvalue weighted by molar-refractivity contribution is 6.21. The van der Waals surface area contributed by atoms with Gasteiger partial charge >= 0.3 is 0 Å². The zero-order valence-corrected chi connectivity index (χ0v) is 13.7. The third kappa shape index (κ3) is 3.42. The topological polar surface area (TPSA) is 66.5 Å². The van der Waals surface area contributed by atoms with Gasteiger partial charge in [0.2, 0.25) is 5.91 Å². The van der Waals surface area contributed by atoms with Crippen molar-refractivity contribution in [2.45, 2.75) is 19.8 Å². The van der Waals surface area contributed by atoms with Crippen LogP contribution in [0.2, 0.25) is 0 Å². The van der Waals surface area contributed by atoms with Gasteiger partial charge in [0.15, 0.2) is 0 Å². The van der Waals surface area contributed by atoms with Crippen LogP contribution in [0.3, 0.4) is 0 Å². The van der Waals surface area contributed by atoms with Gasteiger partial charge in [-0.25, -0.2) is 4.39 Å². The van der Waals surface area contributed by atoms with Crippen molar-refractivity contribution in [2.24, 2.45) is 0 Å². The lowest BCUT2D eigenvalue weighted by Gasteiger charge is -2.13. The Morgan fingerprint density at radius 2 is 1.72 bits per heavy atom. The van der Waals surface area contributed by atoms with E-state index >= 15 is 0 Å². The van der Waals surface area contributed by atoms with Crippen LogP contribution in [0.1, 0.15) is 39.1 Å². The zero-order chi connectivity index (χ0) is 18.0. The van der Waals surface area contributed by atoms with E-state index in [4.69, 9.17) is 0 Å². The number of aryl methyl sites for hydroxylation is 1. The van der Waals surface area contributed by atoms with Gasteiger partial charge in [-0.15, -0.1) is 0 Å². The molecule has 1 N–H and O–H groups in total. The normalized spacial score (nSPS) is 13.1. The quantitative estimate of drug-likeness (QED) is 0.850. The number of hydrogen-bond donors (Lipinski definition) is 1. The van der Waals surface area contributed by atoms with Crippen LogP contribution >= 0.6 is 0 Å². The van der Waals surface area contributed by atoms with E-state index in [0.29, 0.717) is 17.5 Å². The van der Waals surface area contributed by atoms with Gasteiger partial charge < -0.3 is 5.32 Å². The number of nitrogens with one attached hydrogen (secondary N) is 1. The van der Waals surface area contributed by atoms with Crippen LogP contribution < -0.4 is 5.32 Å². The smallest absolute Gasteiger partial charge is 0.261 e. The summed E-state index contributed by atoms with van der Waals surface area (Å²) in [5.41, 5.74) is 1.74. The number of halogens is 1. The monoisotopic (exact) mass is 340 g/mol. The average Bonchev–Trinajstić information content (AvgIpc) is 2.83. The number of hydrogen-bond acceptors (Lipinski definition) is 3. The molecule has 1 heterocycles. The van der Waals surface area contributed by atoms with E-state index in [9.17, 15) is 18.8 Å². The Labute approximate surface area is 144 Å². The molecule has 0 fully saturated rings. The van der Waals surface area contributed by atoms with Crippen LogP contribution in [-0.2, 0) is 4.79 Å². The largest absolute Gasteiger partial charge is 0.324 e. The van der Waals surface area contributed by atoms with Crippen molar-refractivity contribution in [3.8, 4) is 0 Å². The number of anilines is 1. The SMILES string of the molecule is Cc1ccc(F)c(NC(=O)CCCN2C(=O)c3ccccc3C2=O)c1. The number of carbonyl (C=O) groups is 3. The van der Waals surface area contributed by atoms with Gasteiger partial charge in [0.25, 0.3) is 11.8 Å². The zero-order valence-electron chi connectivity index (χ0n) is 13.7. The highest BCUT2D eigenvalue weighted by Gasteiger charge is 2.34. The Morgan fingerprint density at radius 3 is 2.36 bits per heavy atom. The Balaban J connectivity index is 1.55. The van der Waals surface area contributed by atoms with Gasteiger partial charge in [0.05, 0.1) is 16.8 Å². The van der Waals surface area contributed by atoms with E-state index < -0.39 is 5.82 Å². The maximum Gasteiger partial charge on any atom is 0.261 e. The van der Waals surface area contributed by atoms with Gasteiger partial charge in [0, 0.05) is 13.0 Å². The van der Waals surface area contributed by atoms with E-state index in [-0.39, 0.29) is 36.4 Å². The molecule has 0 aliphatic carbocycles. The fourth-order valence-corrected chi connectivity index (χ4v) is 2.79. The van der Waals surface area contributed by atoms with E-state index in [1.165, 1.54) is 6.07 Å². The summed E-state index contributed by atoms with van der Waals surface area (Å²) in [5, 5.41) is 2.51. The van der Waals surface area contributed by atoms with Crippen molar-refractivity contribution in [3.05, 3.63) is 65.0 Å². The Bertz CT molecular complexity index is 828. The number of benzene rings is 2. The van der Waals surface area contributed by atoms with Crippen molar-refractivity contribution in [1.82, 2.24) is 4.90 Å².